The highest BCUT2D eigenvalue weighted by atomic mass is 32.1. The van der Waals surface area contributed by atoms with Crippen LogP contribution in [0.5, 0.6) is 5.75 Å². The molecule has 1 aromatic heterocycles. The van der Waals surface area contributed by atoms with Gasteiger partial charge in [0, 0.05) is 10.4 Å². The zero-order valence-electron chi connectivity index (χ0n) is 9.46. The van der Waals surface area contributed by atoms with E-state index in [0.717, 1.165) is 24.9 Å². The van der Waals surface area contributed by atoms with Crippen molar-refractivity contribution in [2.24, 2.45) is 0 Å². The maximum absolute atomic E-state index is 10.6. The second-order valence-corrected chi connectivity index (χ2v) is 4.75. The summed E-state index contributed by atoms with van der Waals surface area (Å²) >= 11 is 1.77. The van der Waals surface area contributed by atoms with E-state index < -0.39 is 0 Å². The molecule has 0 N–H and O–H groups in total. The van der Waals surface area contributed by atoms with Gasteiger partial charge in [0.15, 0.2) is 0 Å². The van der Waals surface area contributed by atoms with Crippen molar-refractivity contribution in [3.8, 4) is 5.75 Å². The van der Waals surface area contributed by atoms with Gasteiger partial charge in [-0.1, -0.05) is 18.2 Å². The molecule has 0 radical (unpaired) electrons. The van der Waals surface area contributed by atoms with Crippen molar-refractivity contribution in [1.82, 2.24) is 0 Å². The normalized spacial score (nSPS) is 10.1. The summed E-state index contributed by atoms with van der Waals surface area (Å²) in [4.78, 5) is 12.0. The van der Waals surface area contributed by atoms with Crippen LogP contribution in [0.4, 0.5) is 0 Å². The highest BCUT2D eigenvalue weighted by molar-refractivity contribution is 7.09. The molecule has 2 nitrogen and oxygen atoms in total. The minimum Gasteiger partial charge on any atom is -0.494 e. The Bertz CT molecular complexity index is 463. The van der Waals surface area contributed by atoms with E-state index in [1.807, 2.05) is 12.1 Å². The Labute approximate surface area is 105 Å². The number of benzene rings is 1. The average molecular weight is 246 g/mol. The van der Waals surface area contributed by atoms with Crippen LogP contribution in [-0.2, 0) is 6.42 Å². The van der Waals surface area contributed by atoms with Crippen LogP contribution >= 0.6 is 11.3 Å². The monoisotopic (exact) mass is 246 g/mol. The first kappa shape index (κ1) is 11.9. The van der Waals surface area contributed by atoms with Crippen molar-refractivity contribution in [3.63, 3.8) is 0 Å². The Morgan fingerprint density at radius 2 is 2.18 bits per heavy atom. The summed E-state index contributed by atoms with van der Waals surface area (Å²) in [6, 6.07) is 11.4. The lowest BCUT2D eigenvalue weighted by Gasteiger charge is -2.05. The number of hydrogen-bond donors (Lipinski definition) is 0. The van der Waals surface area contributed by atoms with E-state index >= 15 is 0 Å². The minimum atomic E-state index is 0.653. The van der Waals surface area contributed by atoms with Gasteiger partial charge < -0.3 is 4.74 Å². The van der Waals surface area contributed by atoms with Gasteiger partial charge in [-0.05, 0) is 36.4 Å². The van der Waals surface area contributed by atoms with Gasteiger partial charge in [-0.25, -0.2) is 0 Å². The van der Waals surface area contributed by atoms with Crippen LogP contribution in [0.15, 0.2) is 41.8 Å². The summed E-state index contributed by atoms with van der Waals surface area (Å²) in [5, 5.41) is 2.09. The van der Waals surface area contributed by atoms with Crippen molar-refractivity contribution in [2.45, 2.75) is 12.8 Å². The van der Waals surface area contributed by atoms with Crippen molar-refractivity contribution in [3.05, 3.63) is 52.2 Å². The SMILES string of the molecule is O=Cc1cccc(OCCCc2cccs2)c1. The van der Waals surface area contributed by atoms with Crippen LogP contribution in [-0.4, -0.2) is 12.9 Å². The van der Waals surface area contributed by atoms with Crippen molar-refractivity contribution in [2.75, 3.05) is 6.61 Å². The average Bonchev–Trinajstić information content (AvgIpc) is 2.88. The number of aryl methyl sites for hydroxylation is 1. The fourth-order valence-corrected chi connectivity index (χ4v) is 2.32. The number of ether oxygens (including phenoxy) is 1. The maximum atomic E-state index is 10.6. The molecule has 3 heteroatoms. The van der Waals surface area contributed by atoms with Crippen LogP contribution in [0.25, 0.3) is 0 Å². The van der Waals surface area contributed by atoms with Crippen LogP contribution in [0.2, 0.25) is 0 Å². The largest absolute Gasteiger partial charge is 0.494 e. The molecule has 0 unspecified atom stereocenters. The van der Waals surface area contributed by atoms with Gasteiger partial charge in [0.1, 0.15) is 12.0 Å². The van der Waals surface area contributed by atoms with Gasteiger partial charge in [-0.15, -0.1) is 11.3 Å². The number of thiophene rings is 1. The lowest BCUT2D eigenvalue weighted by Crippen LogP contribution is -1.99. The van der Waals surface area contributed by atoms with Gasteiger partial charge in [-0.2, -0.15) is 0 Å². The molecular weight excluding hydrogens is 232 g/mol. The molecule has 0 fully saturated rings. The maximum Gasteiger partial charge on any atom is 0.150 e. The summed E-state index contributed by atoms with van der Waals surface area (Å²) < 4.78 is 5.59. The molecule has 0 bridgehead atoms. The molecule has 0 aliphatic carbocycles. The summed E-state index contributed by atoms with van der Waals surface area (Å²) in [5.74, 6) is 0.765. The molecule has 0 saturated heterocycles. The third-order valence-corrected chi connectivity index (χ3v) is 3.35. The van der Waals surface area contributed by atoms with Gasteiger partial charge in [0.25, 0.3) is 0 Å². The molecular formula is C14H14O2S. The van der Waals surface area contributed by atoms with Crippen LogP contribution in [0.3, 0.4) is 0 Å². The van der Waals surface area contributed by atoms with Gasteiger partial charge >= 0.3 is 0 Å². The molecule has 0 saturated carbocycles. The number of aldehydes is 1. The van der Waals surface area contributed by atoms with Crippen molar-refractivity contribution >= 4 is 17.6 Å². The van der Waals surface area contributed by atoms with Crippen molar-refractivity contribution < 1.29 is 9.53 Å². The molecule has 17 heavy (non-hydrogen) atoms. The third-order valence-electron chi connectivity index (χ3n) is 2.41. The van der Waals surface area contributed by atoms with Crippen LogP contribution < -0.4 is 4.74 Å². The van der Waals surface area contributed by atoms with E-state index in [-0.39, 0.29) is 0 Å². The van der Waals surface area contributed by atoms with E-state index in [9.17, 15) is 4.79 Å². The predicted molar refractivity (Wildman–Crippen MR) is 70.0 cm³/mol. The second kappa shape index (κ2) is 6.21. The molecule has 0 amide bonds. The van der Waals surface area contributed by atoms with Gasteiger partial charge in [0.05, 0.1) is 6.61 Å². The van der Waals surface area contributed by atoms with Gasteiger partial charge in [-0.3, -0.25) is 4.79 Å². The smallest absolute Gasteiger partial charge is 0.150 e. The summed E-state index contributed by atoms with van der Waals surface area (Å²) in [7, 11) is 0. The van der Waals surface area contributed by atoms with E-state index in [1.54, 1.807) is 23.5 Å². The zero-order valence-corrected chi connectivity index (χ0v) is 10.3. The molecule has 1 heterocycles. The number of carbonyl (C=O) groups is 1. The lowest BCUT2D eigenvalue weighted by molar-refractivity contribution is 0.112. The number of carbonyl (C=O) groups excluding carboxylic acids is 1. The highest BCUT2D eigenvalue weighted by Gasteiger charge is 1.97. The minimum absolute atomic E-state index is 0.653. The topological polar surface area (TPSA) is 26.3 Å². The van der Waals surface area contributed by atoms with Gasteiger partial charge in [0.2, 0.25) is 0 Å². The fraction of sp³-hybridized carbons (Fsp3) is 0.214. The third kappa shape index (κ3) is 3.71. The lowest BCUT2D eigenvalue weighted by atomic mass is 10.2. The summed E-state index contributed by atoms with van der Waals surface area (Å²) in [5.41, 5.74) is 0.653. The molecule has 0 aliphatic heterocycles. The van der Waals surface area contributed by atoms with E-state index in [2.05, 4.69) is 17.5 Å². The quantitative estimate of drug-likeness (QED) is 0.575. The fourth-order valence-electron chi connectivity index (χ4n) is 1.57. The molecule has 2 rings (SSSR count). The Balaban J connectivity index is 1.76. The Morgan fingerprint density at radius 3 is 2.94 bits per heavy atom. The Morgan fingerprint density at radius 1 is 1.24 bits per heavy atom. The number of rotatable bonds is 6. The van der Waals surface area contributed by atoms with E-state index in [1.165, 1.54) is 4.88 Å². The summed E-state index contributed by atoms with van der Waals surface area (Å²) in [6.07, 6.45) is 2.87. The second-order valence-electron chi connectivity index (χ2n) is 3.72. The number of hydrogen-bond acceptors (Lipinski definition) is 3. The molecule has 2 aromatic rings. The van der Waals surface area contributed by atoms with Crippen LogP contribution in [0.1, 0.15) is 21.7 Å². The first-order chi connectivity index (χ1) is 8.38. The molecule has 0 atom stereocenters. The van der Waals surface area contributed by atoms with E-state index in [4.69, 9.17) is 4.74 Å². The van der Waals surface area contributed by atoms with Crippen LogP contribution in [0, 0.1) is 0 Å². The molecule has 0 aliphatic rings. The first-order valence-corrected chi connectivity index (χ1v) is 6.47. The Hall–Kier alpha value is -1.61. The molecule has 1 aromatic carbocycles. The van der Waals surface area contributed by atoms with Crippen molar-refractivity contribution in [1.29, 1.82) is 0 Å². The summed E-state index contributed by atoms with van der Waals surface area (Å²) in [6.45, 7) is 0.681. The zero-order chi connectivity index (χ0) is 11.9. The highest BCUT2D eigenvalue weighted by Crippen LogP contribution is 2.14. The predicted octanol–water partition coefficient (Wildman–Crippen LogP) is 3.57. The molecule has 0 spiro atoms. The first-order valence-electron chi connectivity index (χ1n) is 5.59. The standard InChI is InChI=1S/C14H14O2S/c15-11-12-4-1-5-13(10-12)16-8-2-6-14-7-3-9-17-14/h1,3-5,7,9-11H,2,6,8H2. The van der Waals surface area contributed by atoms with E-state index in [0.29, 0.717) is 12.2 Å². The molecule has 88 valence electrons. The Kier molecular flexibility index (Phi) is 4.33.